The number of hydrogen-bond acceptors (Lipinski definition) is 4. The highest BCUT2D eigenvalue weighted by atomic mass is 16.5. The summed E-state index contributed by atoms with van der Waals surface area (Å²) in [6, 6.07) is 14.4. The van der Waals surface area contributed by atoms with Crippen LogP contribution in [-0.2, 0) is 16.1 Å². The Balaban J connectivity index is 1.52. The second kappa shape index (κ2) is 7.88. The van der Waals surface area contributed by atoms with E-state index in [1.807, 2.05) is 30.3 Å². The summed E-state index contributed by atoms with van der Waals surface area (Å²) in [7, 11) is 0. The van der Waals surface area contributed by atoms with Gasteiger partial charge in [-0.2, -0.15) is 0 Å². The monoisotopic (exact) mass is 338 g/mol. The minimum absolute atomic E-state index is 0.0683. The zero-order valence-electron chi connectivity index (χ0n) is 14.0. The molecule has 0 heterocycles. The molecule has 1 aliphatic carbocycles. The third kappa shape index (κ3) is 4.63. The molecule has 0 aromatic heterocycles. The first-order chi connectivity index (χ1) is 12.1. The summed E-state index contributed by atoms with van der Waals surface area (Å²) in [4.78, 5) is 12.0. The topological polar surface area (TPSA) is 66.8 Å². The van der Waals surface area contributed by atoms with Crippen molar-refractivity contribution in [2.24, 2.45) is 0 Å². The molecule has 0 atom stereocenters. The molecule has 1 saturated carbocycles. The Labute approximate surface area is 147 Å². The molecule has 0 amide bonds. The number of ether oxygens (including phenoxy) is 1. The van der Waals surface area contributed by atoms with Crippen molar-refractivity contribution < 1.29 is 19.7 Å². The summed E-state index contributed by atoms with van der Waals surface area (Å²) in [5.74, 6) is 0.154. The van der Waals surface area contributed by atoms with Gasteiger partial charge in [0.25, 0.3) is 0 Å². The molecule has 0 unspecified atom stereocenters. The zero-order valence-corrected chi connectivity index (χ0v) is 14.0. The largest absolute Gasteiger partial charge is 0.508 e. The van der Waals surface area contributed by atoms with Crippen molar-refractivity contribution in [3.05, 3.63) is 71.3 Å². The third-order valence-corrected chi connectivity index (χ3v) is 4.63. The highest BCUT2D eigenvalue weighted by Gasteiger charge is 2.21. The Bertz CT molecular complexity index is 755. The van der Waals surface area contributed by atoms with Crippen LogP contribution in [0.4, 0.5) is 0 Å². The minimum atomic E-state index is -0.301. The van der Waals surface area contributed by atoms with Gasteiger partial charge in [0.1, 0.15) is 18.1 Å². The lowest BCUT2D eigenvalue weighted by atomic mass is 9.81. The molecule has 25 heavy (non-hydrogen) atoms. The molecule has 0 saturated heterocycles. The van der Waals surface area contributed by atoms with Gasteiger partial charge in [0.2, 0.25) is 0 Å². The maximum absolute atomic E-state index is 12.0. The van der Waals surface area contributed by atoms with Crippen molar-refractivity contribution in [1.29, 1.82) is 0 Å². The van der Waals surface area contributed by atoms with Crippen molar-refractivity contribution in [3.63, 3.8) is 0 Å². The summed E-state index contributed by atoms with van der Waals surface area (Å²) < 4.78 is 5.29. The van der Waals surface area contributed by atoms with E-state index in [9.17, 15) is 15.0 Å². The molecular formula is C21H22O4. The van der Waals surface area contributed by atoms with Gasteiger partial charge in [-0.05, 0) is 48.8 Å². The normalized spacial score (nSPS) is 17.1. The number of aromatic hydroxyl groups is 2. The molecule has 3 rings (SSSR count). The summed E-state index contributed by atoms with van der Waals surface area (Å²) in [5, 5.41) is 19.4. The van der Waals surface area contributed by atoms with Gasteiger partial charge in [-0.1, -0.05) is 42.0 Å². The number of rotatable bonds is 4. The highest BCUT2D eigenvalue weighted by molar-refractivity contribution is 5.82. The summed E-state index contributed by atoms with van der Waals surface area (Å²) in [6.07, 6.45) is 4.97. The molecular weight excluding hydrogens is 316 g/mol. The molecule has 0 aliphatic heterocycles. The predicted molar refractivity (Wildman–Crippen MR) is 95.3 cm³/mol. The van der Waals surface area contributed by atoms with Crippen LogP contribution in [0.2, 0.25) is 0 Å². The van der Waals surface area contributed by atoms with Crippen molar-refractivity contribution in [2.45, 2.75) is 38.2 Å². The Morgan fingerprint density at radius 1 is 1.08 bits per heavy atom. The van der Waals surface area contributed by atoms with E-state index in [0.29, 0.717) is 0 Å². The fourth-order valence-corrected chi connectivity index (χ4v) is 3.26. The van der Waals surface area contributed by atoms with E-state index >= 15 is 0 Å². The SMILES string of the molecule is O=C(C=C1CCC(c2ccc(O)cc2O)CC1)OCc1ccccc1. The Morgan fingerprint density at radius 2 is 1.80 bits per heavy atom. The van der Waals surface area contributed by atoms with Gasteiger partial charge in [-0.25, -0.2) is 4.79 Å². The second-order valence-corrected chi connectivity index (χ2v) is 6.41. The molecule has 4 heteroatoms. The molecule has 1 fully saturated rings. The minimum Gasteiger partial charge on any atom is -0.508 e. The number of phenolic OH excluding ortho intramolecular Hbond substituents is 2. The van der Waals surface area contributed by atoms with E-state index in [1.54, 1.807) is 18.2 Å². The second-order valence-electron chi connectivity index (χ2n) is 6.41. The first-order valence-corrected chi connectivity index (χ1v) is 8.54. The molecule has 0 radical (unpaired) electrons. The van der Waals surface area contributed by atoms with E-state index in [4.69, 9.17) is 4.74 Å². The molecule has 0 bridgehead atoms. The third-order valence-electron chi connectivity index (χ3n) is 4.63. The number of allylic oxidation sites excluding steroid dienone is 1. The van der Waals surface area contributed by atoms with E-state index in [2.05, 4.69) is 0 Å². The van der Waals surface area contributed by atoms with E-state index in [-0.39, 0.29) is 30.0 Å². The predicted octanol–water partition coefficient (Wildman–Crippen LogP) is 4.43. The first kappa shape index (κ1) is 17.1. The smallest absolute Gasteiger partial charge is 0.331 e. The van der Waals surface area contributed by atoms with Crippen LogP contribution < -0.4 is 0 Å². The van der Waals surface area contributed by atoms with Crippen molar-refractivity contribution in [1.82, 2.24) is 0 Å². The number of phenols is 2. The zero-order chi connectivity index (χ0) is 17.6. The lowest BCUT2D eigenvalue weighted by molar-refractivity contribution is -0.139. The van der Waals surface area contributed by atoms with Crippen LogP contribution in [0.5, 0.6) is 11.5 Å². The maximum atomic E-state index is 12.0. The molecule has 2 aromatic carbocycles. The van der Waals surface area contributed by atoms with Crippen molar-refractivity contribution >= 4 is 5.97 Å². The average molecular weight is 338 g/mol. The van der Waals surface area contributed by atoms with Gasteiger partial charge < -0.3 is 14.9 Å². The lowest BCUT2D eigenvalue weighted by Gasteiger charge is -2.24. The van der Waals surface area contributed by atoms with Gasteiger partial charge >= 0.3 is 5.97 Å². The van der Waals surface area contributed by atoms with Crippen LogP contribution in [0.25, 0.3) is 0 Å². The highest BCUT2D eigenvalue weighted by Crippen LogP contribution is 2.39. The maximum Gasteiger partial charge on any atom is 0.331 e. The van der Waals surface area contributed by atoms with Crippen molar-refractivity contribution in [2.75, 3.05) is 0 Å². The van der Waals surface area contributed by atoms with Gasteiger partial charge in [0.15, 0.2) is 0 Å². The van der Waals surface area contributed by atoms with E-state index in [1.165, 1.54) is 6.07 Å². The molecule has 4 nitrogen and oxygen atoms in total. The fraction of sp³-hybridized carbons (Fsp3) is 0.286. The number of carbonyl (C=O) groups excluding carboxylic acids is 1. The van der Waals surface area contributed by atoms with Crippen LogP contribution in [0.1, 0.15) is 42.7 Å². The van der Waals surface area contributed by atoms with Gasteiger partial charge in [-0.15, -0.1) is 0 Å². The summed E-state index contributed by atoms with van der Waals surface area (Å²) >= 11 is 0. The standard InChI is InChI=1S/C21H22O4/c22-18-10-11-19(20(23)13-18)17-8-6-15(7-9-17)12-21(24)25-14-16-4-2-1-3-5-16/h1-5,10-13,17,22-23H,6-9,14H2. The van der Waals surface area contributed by atoms with Gasteiger partial charge in [0, 0.05) is 12.1 Å². The van der Waals surface area contributed by atoms with Crippen LogP contribution >= 0.6 is 0 Å². The van der Waals surface area contributed by atoms with E-state index in [0.717, 1.165) is 42.4 Å². The van der Waals surface area contributed by atoms with Crippen LogP contribution in [0.15, 0.2) is 60.2 Å². The number of esters is 1. The fourth-order valence-electron chi connectivity index (χ4n) is 3.26. The van der Waals surface area contributed by atoms with Gasteiger partial charge in [0.05, 0.1) is 0 Å². The number of hydrogen-bond donors (Lipinski definition) is 2. The van der Waals surface area contributed by atoms with Gasteiger partial charge in [-0.3, -0.25) is 0 Å². The number of benzene rings is 2. The molecule has 130 valence electrons. The molecule has 0 spiro atoms. The summed E-state index contributed by atoms with van der Waals surface area (Å²) in [5.41, 5.74) is 2.93. The Morgan fingerprint density at radius 3 is 2.48 bits per heavy atom. The van der Waals surface area contributed by atoms with E-state index < -0.39 is 0 Å². The lowest BCUT2D eigenvalue weighted by Crippen LogP contribution is -2.09. The van der Waals surface area contributed by atoms with Crippen LogP contribution in [0.3, 0.4) is 0 Å². The average Bonchev–Trinajstić information content (AvgIpc) is 2.62. The molecule has 2 aromatic rings. The first-order valence-electron chi connectivity index (χ1n) is 8.54. The Hall–Kier alpha value is -2.75. The van der Waals surface area contributed by atoms with Crippen molar-refractivity contribution in [3.8, 4) is 11.5 Å². The Kier molecular flexibility index (Phi) is 5.39. The molecule has 2 N–H and O–H groups in total. The number of carbonyl (C=O) groups is 1. The quantitative estimate of drug-likeness (QED) is 0.639. The molecule has 1 aliphatic rings. The summed E-state index contributed by atoms with van der Waals surface area (Å²) in [6.45, 7) is 0.285. The van der Waals surface area contributed by atoms with Crippen LogP contribution in [-0.4, -0.2) is 16.2 Å². The van der Waals surface area contributed by atoms with Crippen LogP contribution in [0, 0.1) is 0 Å².